The molecule has 1 aliphatic heterocycles. The van der Waals surface area contributed by atoms with Crippen molar-refractivity contribution in [3.63, 3.8) is 0 Å². The third kappa shape index (κ3) is 5.56. The number of piperidine rings is 1. The molecular weight excluding hydrogens is 433 g/mol. The summed E-state index contributed by atoms with van der Waals surface area (Å²) in [6, 6.07) is 9.49. The highest BCUT2D eigenvalue weighted by atomic mass is 32.2. The molecule has 3 rings (SSSR count). The molecule has 0 aromatic heterocycles. The van der Waals surface area contributed by atoms with Crippen molar-refractivity contribution < 1.29 is 31.1 Å². The molecule has 2 aromatic rings. The Labute approximate surface area is 179 Å². The summed E-state index contributed by atoms with van der Waals surface area (Å²) in [7, 11) is -4.34. The van der Waals surface area contributed by atoms with Gasteiger partial charge in [0.2, 0.25) is 0 Å². The van der Waals surface area contributed by atoms with Gasteiger partial charge >= 0.3 is 6.18 Å². The first kappa shape index (κ1) is 23.1. The van der Waals surface area contributed by atoms with Crippen LogP contribution in [-0.4, -0.2) is 45.0 Å². The first-order valence-electron chi connectivity index (χ1n) is 9.82. The van der Waals surface area contributed by atoms with E-state index in [2.05, 4.69) is 4.72 Å². The molecular formula is C21H23F3N2O4S. The van der Waals surface area contributed by atoms with Crippen molar-refractivity contribution in [3.8, 4) is 0 Å². The number of alkyl halides is 3. The Morgan fingerprint density at radius 3 is 2.45 bits per heavy atom. The molecule has 1 N–H and O–H groups in total. The first-order valence-corrected chi connectivity index (χ1v) is 11.3. The van der Waals surface area contributed by atoms with Crippen LogP contribution in [0.5, 0.6) is 0 Å². The summed E-state index contributed by atoms with van der Waals surface area (Å²) < 4.78 is 72.2. The van der Waals surface area contributed by atoms with E-state index in [0.717, 1.165) is 18.2 Å². The summed E-state index contributed by atoms with van der Waals surface area (Å²) in [6.45, 7) is 3.44. The maximum atomic E-state index is 13.0. The molecule has 1 amide bonds. The van der Waals surface area contributed by atoms with Crippen LogP contribution in [0.4, 0.5) is 18.9 Å². The quantitative estimate of drug-likeness (QED) is 0.709. The van der Waals surface area contributed by atoms with Crippen LogP contribution in [0.1, 0.15) is 35.7 Å². The third-order valence-corrected chi connectivity index (χ3v) is 6.37. The monoisotopic (exact) mass is 456 g/mol. The van der Waals surface area contributed by atoms with Crippen LogP contribution >= 0.6 is 0 Å². The largest absolute Gasteiger partial charge is 0.416 e. The molecule has 0 spiro atoms. The van der Waals surface area contributed by atoms with Gasteiger partial charge in [0.05, 0.1) is 27.8 Å². The SMILES string of the molecule is CCOC1CCN(C(=O)c2ccccc2NS(=O)(=O)c2cccc(C(F)(F)F)c2)CC1. The minimum atomic E-state index is -4.67. The predicted octanol–water partition coefficient (Wildman–Crippen LogP) is 4.15. The number of ether oxygens (including phenoxy) is 1. The molecule has 31 heavy (non-hydrogen) atoms. The van der Waals surface area contributed by atoms with Crippen molar-refractivity contribution in [1.82, 2.24) is 4.90 Å². The number of nitrogens with one attached hydrogen (secondary N) is 1. The van der Waals surface area contributed by atoms with E-state index >= 15 is 0 Å². The molecule has 168 valence electrons. The Balaban J connectivity index is 1.82. The second-order valence-corrected chi connectivity index (χ2v) is 8.81. The van der Waals surface area contributed by atoms with Gasteiger partial charge < -0.3 is 9.64 Å². The van der Waals surface area contributed by atoms with Crippen LogP contribution in [0, 0.1) is 0 Å². The van der Waals surface area contributed by atoms with E-state index in [1.165, 1.54) is 12.1 Å². The zero-order valence-corrected chi connectivity index (χ0v) is 17.7. The second-order valence-electron chi connectivity index (χ2n) is 7.12. The minimum absolute atomic E-state index is 0.0110. The molecule has 6 nitrogen and oxygen atoms in total. The predicted molar refractivity (Wildman–Crippen MR) is 109 cm³/mol. The van der Waals surface area contributed by atoms with E-state index in [4.69, 9.17) is 4.74 Å². The topological polar surface area (TPSA) is 75.7 Å². The van der Waals surface area contributed by atoms with Gasteiger partial charge in [-0.2, -0.15) is 13.2 Å². The van der Waals surface area contributed by atoms with E-state index < -0.39 is 26.7 Å². The van der Waals surface area contributed by atoms with Crippen molar-refractivity contribution in [2.45, 2.75) is 36.9 Å². The van der Waals surface area contributed by atoms with Gasteiger partial charge in [0.15, 0.2) is 0 Å². The van der Waals surface area contributed by atoms with E-state index in [0.29, 0.717) is 38.6 Å². The number of benzene rings is 2. The second kappa shape index (κ2) is 9.27. The average Bonchev–Trinajstić information content (AvgIpc) is 2.74. The molecule has 0 bridgehead atoms. The number of para-hydroxylation sites is 1. The molecule has 1 aliphatic rings. The molecule has 0 aliphatic carbocycles. The highest BCUT2D eigenvalue weighted by Crippen LogP contribution is 2.31. The Bertz CT molecular complexity index is 1030. The van der Waals surface area contributed by atoms with Gasteiger partial charge in [-0.05, 0) is 50.1 Å². The van der Waals surface area contributed by atoms with Gasteiger partial charge in [-0.25, -0.2) is 8.42 Å². The van der Waals surface area contributed by atoms with Crippen LogP contribution in [0.3, 0.4) is 0 Å². The average molecular weight is 456 g/mol. The number of anilines is 1. The number of carbonyl (C=O) groups excluding carboxylic acids is 1. The molecule has 2 aromatic carbocycles. The Hall–Kier alpha value is -2.59. The van der Waals surface area contributed by atoms with Crippen LogP contribution in [0.2, 0.25) is 0 Å². The molecule has 1 fully saturated rings. The van der Waals surface area contributed by atoms with Gasteiger partial charge in [0.1, 0.15) is 0 Å². The van der Waals surface area contributed by atoms with Gasteiger partial charge in [0.25, 0.3) is 15.9 Å². The van der Waals surface area contributed by atoms with E-state index in [1.54, 1.807) is 17.0 Å². The van der Waals surface area contributed by atoms with Gasteiger partial charge in [-0.1, -0.05) is 18.2 Å². The lowest BCUT2D eigenvalue weighted by molar-refractivity contribution is -0.137. The lowest BCUT2D eigenvalue weighted by Crippen LogP contribution is -2.41. The number of sulfonamides is 1. The first-order chi connectivity index (χ1) is 14.6. The van der Waals surface area contributed by atoms with Crippen LogP contribution < -0.4 is 4.72 Å². The Kier molecular flexibility index (Phi) is 6.90. The van der Waals surface area contributed by atoms with E-state index in [1.807, 2.05) is 6.92 Å². The molecule has 0 unspecified atom stereocenters. The summed E-state index contributed by atoms with van der Waals surface area (Å²) in [5.74, 6) is -0.350. The van der Waals surface area contributed by atoms with Crippen LogP contribution in [-0.2, 0) is 20.9 Å². The van der Waals surface area contributed by atoms with E-state index in [-0.39, 0.29) is 23.3 Å². The van der Waals surface area contributed by atoms with Crippen molar-refractivity contribution in [2.75, 3.05) is 24.4 Å². The molecule has 10 heteroatoms. The van der Waals surface area contributed by atoms with Crippen LogP contribution in [0.25, 0.3) is 0 Å². The standard InChI is InChI=1S/C21H23F3N2O4S/c1-2-30-16-10-12-26(13-11-16)20(27)18-8-3-4-9-19(18)25-31(28,29)17-7-5-6-15(14-17)21(22,23)24/h3-9,14,16,25H,2,10-13H2,1H3. The maximum absolute atomic E-state index is 13.0. The Morgan fingerprint density at radius 1 is 1.13 bits per heavy atom. The van der Waals surface area contributed by atoms with Crippen LogP contribution in [0.15, 0.2) is 53.4 Å². The number of nitrogens with zero attached hydrogens (tertiary/aromatic N) is 1. The summed E-state index contributed by atoms with van der Waals surface area (Å²) in [6.07, 6.45) is -3.23. The highest BCUT2D eigenvalue weighted by Gasteiger charge is 2.32. The fraction of sp³-hybridized carbons (Fsp3) is 0.381. The smallest absolute Gasteiger partial charge is 0.378 e. The number of halogens is 3. The molecule has 0 atom stereocenters. The van der Waals surface area contributed by atoms with E-state index in [9.17, 15) is 26.4 Å². The normalized spacial score (nSPS) is 15.7. The summed E-state index contributed by atoms with van der Waals surface area (Å²) in [5.41, 5.74) is -0.929. The fourth-order valence-electron chi connectivity index (χ4n) is 3.43. The maximum Gasteiger partial charge on any atom is 0.416 e. The van der Waals surface area contributed by atoms with Crippen molar-refractivity contribution in [2.24, 2.45) is 0 Å². The summed E-state index contributed by atoms with van der Waals surface area (Å²) in [4.78, 5) is 14.1. The lowest BCUT2D eigenvalue weighted by atomic mass is 10.1. The number of amides is 1. The fourth-order valence-corrected chi connectivity index (χ4v) is 4.56. The molecule has 0 saturated carbocycles. The Morgan fingerprint density at radius 2 is 1.81 bits per heavy atom. The van der Waals surface area contributed by atoms with Gasteiger partial charge in [0, 0.05) is 19.7 Å². The van der Waals surface area contributed by atoms with Crippen molar-refractivity contribution in [3.05, 3.63) is 59.7 Å². The zero-order valence-electron chi connectivity index (χ0n) is 16.9. The number of carbonyl (C=O) groups is 1. The third-order valence-electron chi connectivity index (χ3n) is 5.01. The molecule has 1 saturated heterocycles. The highest BCUT2D eigenvalue weighted by molar-refractivity contribution is 7.92. The lowest BCUT2D eigenvalue weighted by Gasteiger charge is -2.32. The number of hydrogen-bond acceptors (Lipinski definition) is 4. The van der Waals surface area contributed by atoms with Crippen molar-refractivity contribution in [1.29, 1.82) is 0 Å². The number of likely N-dealkylation sites (tertiary alicyclic amines) is 1. The number of hydrogen-bond donors (Lipinski definition) is 1. The van der Waals surface area contributed by atoms with Gasteiger partial charge in [-0.3, -0.25) is 9.52 Å². The summed E-state index contributed by atoms with van der Waals surface area (Å²) >= 11 is 0. The molecule has 0 radical (unpaired) electrons. The zero-order chi connectivity index (χ0) is 22.6. The van der Waals surface area contributed by atoms with Gasteiger partial charge in [-0.15, -0.1) is 0 Å². The summed E-state index contributed by atoms with van der Waals surface area (Å²) in [5, 5.41) is 0. The number of rotatable bonds is 6. The minimum Gasteiger partial charge on any atom is -0.378 e. The molecule has 1 heterocycles. The van der Waals surface area contributed by atoms with Crippen molar-refractivity contribution >= 4 is 21.6 Å².